The summed E-state index contributed by atoms with van der Waals surface area (Å²) in [6.07, 6.45) is 2.98. The number of pyridine rings is 1. The summed E-state index contributed by atoms with van der Waals surface area (Å²) in [7, 11) is 0. The normalized spacial score (nSPS) is 12.5. The highest BCUT2D eigenvalue weighted by Crippen LogP contribution is 2.11. The van der Waals surface area contributed by atoms with Gasteiger partial charge in [-0.05, 0) is 18.9 Å². The number of hydrogen-bond donors (Lipinski definition) is 2. The number of halogens is 1. The summed E-state index contributed by atoms with van der Waals surface area (Å²) in [6.45, 7) is 2.16. The van der Waals surface area contributed by atoms with Gasteiger partial charge in [0.1, 0.15) is 0 Å². The maximum absolute atomic E-state index is 12.7. The van der Waals surface area contributed by atoms with Gasteiger partial charge in [-0.15, -0.1) is 0 Å². The van der Waals surface area contributed by atoms with Crippen LogP contribution in [0.3, 0.4) is 0 Å². The van der Waals surface area contributed by atoms with Crippen molar-refractivity contribution in [3.8, 4) is 0 Å². The van der Waals surface area contributed by atoms with Gasteiger partial charge in [-0.3, -0.25) is 0 Å². The molecule has 0 saturated heterocycles. The topological polar surface area (TPSA) is 45.1 Å². The SMILES string of the molecule is CCC(CCO)Nc1ccnc(F)c1. The predicted octanol–water partition coefficient (Wildman–Crippen LogP) is 1.79. The standard InChI is InChI=1S/C10H15FN2O/c1-2-8(4-6-14)13-9-3-5-12-10(11)7-9/h3,5,7-8,14H,2,4,6H2,1H3,(H,12,13). The smallest absolute Gasteiger partial charge is 0.214 e. The van der Waals surface area contributed by atoms with Gasteiger partial charge in [0.2, 0.25) is 5.95 Å². The number of nitrogens with zero attached hydrogens (tertiary/aromatic N) is 1. The summed E-state index contributed by atoms with van der Waals surface area (Å²) < 4.78 is 12.7. The molecule has 0 aliphatic rings. The van der Waals surface area contributed by atoms with Crippen molar-refractivity contribution < 1.29 is 9.50 Å². The summed E-state index contributed by atoms with van der Waals surface area (Å²) in [5.74, 6) is -0.492. The Kier molecular flexibility index (Phi) is 4.32. The van der Waals surface area contributed by atoms with Crippen LogP contribution < -0.4 is 5.32 Å². The van der Waals surface area contributed by atoms with Gasteiger partial charge in [0, 0.05) is 30.6 Å². The average Bonchev–Trinajstić information content (AvgIpc) is 2.17. The van der Waals surface area contributed by atoms with Crippen molar-refractivity contribution in [3.05, 3.63) is 24.3 Å². The lowest BCUT2D eigenvalue weighted by Gasteiger charge is -2.16. The predicted molar refractivity (Wildman–Crippen MR) is 53.6 cm³/mol. The number of nitrogens with one attached hydrogen (secondary N) is 1. The Hall–Kier alpha value is -1.16. The molecule has 2 N–H and O–H groups in total. The van der Waals surface area contributed by atoms with Crippen LogP contribution in [0, 0.1) is 5.95 Å². The van der Waals surface area contributed by atoms with Crippen LogP contribution in [-0.2, 0) is 0 Å². The molecule has 1 rings (SSSR count). The lowest BCUT2D eigenvalue weighted by atomic mass is 10.1. The molecule has 14 heavy (non-hydrogen) atoms. The molecular weight excluding hydrogens is 183 g/mol. The highest BCUT2D eigenvalue weighted by molar-refractivity contribution is 5.42. The molecule has 0 spiro atoms. The zero-order chi connectivity index (χ0) is 10.4. The Morgan fingerprint density at radius 1 is 1.64 bits per heavy atom. The van der Waals surface area contributed by atoms with Crippen molar-refractivity contribution in [3.63, 3.8) is 0 Å². The van der Waals surface area contributed by atoms with E-state index in [0.717, 1.165) is 6.42 Å². The van der Waals surface area contributed by atoms with Gasteiger partial charge >= 0.3 is 0 Å². The number of aliphatic hydroxyl groups excluding tert-OH is 1. The molecule has 0 aromatic carbocycles. The second-order valence-electron chi connectivity index (χ2n) is 3.13. The van der Waals surface area contributed by atoms with Crippen LogP contribution in [0.15, 0.2) is 18.3 Å². The number of aliphatic hydroxyl groups is 1. The monoisotopic (exact) mass is 198 g/mol. The quantitative estimate of drug-likeness (QED) is 0.709. The molecule has 0 radical (unpaired) electrons. The fourth-order valence-corrected chi connectivity index (χ4v) is 1.26. The first-order valence-electron chi connectivity index (χ1n) is 4.75. The summed E-state index contributed by atoms with van der Waals surface area (Å²) in [4.78, 5) is 3.46. The number of hydrogen-bond acceptors (Lipinski definition) is 3. The lowest BCUT2D eigenvalue weighted by Crippen LogP contribution is -2.19. The minimum Gasteiger partial charge on any atom is -0.396 e. The summed E-state index contributed by atoms with van der Waals surface area (Å²) in [6, 6.07) is 3.24. The fourth-order valence-electron chi connectivity index (χ4n) is 1.26. The molecule has 0 amide bonds. The van der Waals surface area contributed by atoms with E-state index >= 15 is 0 Å². The van der Waals surface area contributed by atoms with Gasteiger partial charge < -0.3 is 10.4 Å². The Labute approximate surface area is 83.0 Å². The molecule has 0 saturated carbocycles. The van der Waals surface area contributed by atoms with Crippen LogP contribution >= 0.6 is 0 Å². The Balaban J connectivity index is 2.57. The molecule has 1 aromatic heterocycles. The van der Waals surface area contributed by atoms with Crippen LogP contribution in [0.2, 0.25) is 0 Å². The lowest BCUT2D eigenvalue weighted by molar-refractivity contribution is 0.278. The van der Waals surface area contributed by atoms with Crippen molar-refractivity contribution in [2.45, 2.75) is 25.8 Å². The van der Waals surface area contributed by atoms with Crippen molar-refractivity contribution in [1.82, 2.24) is 4.98 Å². The fraction of sp³-hybridized carbons (Fsp3) is 0.500. The van der Waals surface area contributed by atoms with E-state index in [1.165, 1.54) is 12.3 Å². The zero-order valence-electron chi connectivity index (χ0n) is 8.20. The van der Waals surface area contributed by atoms with Gasteiger partial charge in [0.05, 0.1) is 0 Å². The number of rotatable bonds is 5. The van der Waals surface area contributed by atoms with E-state index in [0.29, 0.717) is 12.1 Å². The second-order valence-corrected chi connectivity index (χ2v) is 3.13. The molecule has 1 aromatic rings. The van der Waals surface area contributed by atoms with Gasteiger partial charge in [-0.25, -0.2) is 4.98 Å². The van der Waals surface area contributed by atoms with Crippen molar-refractivity contribution in [2.24, 2.45) is 0 Å². The minimum absolute atomic E-state index is 0.138. The van der Waals surface area contributed by atoms with Crippen molar-refractivity contribution >= 4 is 5.69 Å². The molecule has 0 fully saturated rings. The Bertz CT molecular complexity index is 281. The minimum atomic E-state index is -0.492. The number of anilines is 1. The van der Waals surface area contributed by atoms with Gasteiger partial charge in [-0.1, -0.05) is 6.92 Å². The molecule has 0 aliphatic heterocycles. The number of aromatic nitrogens is 1. The first kappa shape index (κ1) is 10.9. The van der Waals surface area contributed by atoms with Crippen molar-refractivity contribution in [2.75, 3.05) is 11.9 Å². The van der Waals surface area contributed by atoms with Crippen LogP contribution in [0.25, 0.3) is 0 Å². The molecule has 4 heteroatoms. The highest BCUT2D eigenvalue weighted by atomic mass is 19.1. The summed E-state index contributed by atoms with van der Waals surface area (Å²) in [5, 5.41) is 11.9. The third-order valence-corrected chi connectivity index (χ3v) is 2.07. The summed E-state index contributed by atoms with van der Waals surface area (Å²) >= 11 is 0. The van der Waals surface area contributed by atoms with Crippen LogP contribution in [0.4, 0.5) is 10.1 Å². The third kappa shape index (κ3) is 3.30. The molecule has 0 aliphatic carbocycles. The molecule has 1 atom stereocenters. The average molecular weight is 198 g/mol. The molecule has 1 unspecified atom stereocenters. The zero-order valence-corrected chi connectivity index (χ0v) is 8.20. The molecular formula is C10H15FN2O. The van der Waals surface area contributed by atoms with Gasteiger partial charge in [0.25, 0.3) is 0 Å². The van der Waals surface area contributed by atoms with E-state index in [1.54, 1.807) is 6.07 Å². The first-order chi connectivity index (χ1) is 6.76. The summed E-state index contributed by atoms with van der Waals surface area (Å²) in [5.41, 5.74) is 0.706. The molecule has 1 heterocycles. The Morgan fingerprint density at radius 2 is 2.43 bits per heavy atom. The van der Waals surface area contributed by atoms with Crippen LogP contribution in [-0.4, -0.2) is 22.7 Å². The second kappa shape index (κ2) is 5.54. The van der Waals surface area contributed by atoms with E-state index in [1.807, 2.05) is 6.92 Å². The largest absolute Gasteiger partial charge is 0.396 e. The van der Waals surface area contributed by atoms with Crippen LogP contribution in [0.5, 0.6) is 0 Å². The maximum atomic E-state index is 12.7. The van der Waals surface area contributed by atoms with E-state index in [4.69, 9.17) is 5.11 Å². The van der Waals surface area contributed by atoms with E-state index in [9.17, 15) is 4.39 Å². The molecule has 3 nitrogen and oxygen atoms in total. The Morgan fingerprint density at radius 3 is 3.00 bits per heavy atom. The maximum Gasteiger partial charge on any atom is 0.214 e. The molecule has 78 valence electrons. The van der Waals surface area contributed by atoms with Crippen LogP contribution in [0.1, 0.15) is 19.8 Å². The highest BCUT2D eigenvalue weighted by Gasteiger charge is 2.05. The van der Waals surface area contributed by atoms with Gasteiger partial charge in [-0.2, -0.15) is 4.39 Å². The van der Waals surface area contributed by atoms with E-state index in [2.05, 4.69) is 10.3 Å². The van der Waals surface area contributed by atoms with E-state index < -0.39 is 5.95 Å². The molecule has 0 bridgehead atoms. The first-order valence-corrected chi connectivity index (χ1v) is 4.75. The van der Waals surface area contributed by atoms with Crippen molar-refractivity contribution in [1.29, 1.82) is 0 Å². The third-order valence-electron chi connectivity index (χ3n) is 2.07. The van der Waals surface area contributed by atoms with Gasteiger partial charge in [0.15, 0.2) is 0 Å². The van der Waals surface area contributed by atoms with E-state index in [-0.39, 0.29) is 12.6 Å².